The van der Waals surface area contributed by atoms with Gasteiger partial charge in [-0.1, -0.05) is 0 Å². The topological polar surface area (TPSA) is 58.1 Å². The SMILES string of the molecule is O=C(NCC1(F)CCN(c2cc(C(F)(F)F)ncn2)CC1)C1CC1. The van der Waals surface area contributed by atoms with Crippen molar-refractivity contribution in [3.05, 3.63) is 18.1 Å². The van der Waals surface area contributed by atoms with Crippen molar-refractivity contribution in [2.75, 3.05) is 24.5 Å². The largest absolute Gasteiger partial charge is 0.433 e. The quantitative estimate of drug-likeness (QED) is 0.850. The van der Waals surface area contributed by atoms with Crippen LogP contribution in [0.1, 0.15) is 31.4 Å². The first-order valence-electron chi connectivity index (χ1n) is 7.88. The second kappa shape index (κ2) is 6.18. The van der Waals surface area contributed by atoms with Gasteiger partial charge in [0.15, 0.2) is 0 Å². The molecule has 1 aromatic heterocycles. The van der Waals surface area contributed by atoms with Crippen LogP contribution in [0.5, 0.6) is 0 Å². The predicted molar refractivity (Wildman–Crippen MR) is 78.1 cm³/mol. The first-order valence-corrected chi connectivity index (χ1v) is 7.88. The lowest BCUT2D eigenvalue weighted by Crippen LogP contribution is -2.48. The molecular formula is C15H18F4N4O. The second-order valence-electron chi connectivity index (χ2n) is 6.39. The smallest absolute Gasteiger partial charge is 0.356 e. The number of carbonyl (C=O) groups excluding carboxylic acids is 1. The van der Waals surface area contributed by atoms with Crippen molar-refractivity contribution in [2.24, 2.45) is 5.92 Å². The summed E-state index contributed by atoms with van der Waals surface area (Å²) < 4.78 is 52.8. The molecule has 0 bridgehead atoms. The van der Waals surface area contributed by atoms with Gasteiger partial charge in [0.2, 0.25) is 5.91 Å². The zero-order chi connectivity index (χ0) is 17.4. The maximum Gasteiger partial charge on any atom is 0.433 e. The van der Waals surface area contributed by atoms with Crippen LogP contribution in [-0.2, 0) is 11.0 Å². The summed E-state index contributed by atoms with van der Waals surface area (Å²) in [7, 11) is 0. The minimum absolute atomic E-state index is 0.0236. The van der Waals surface area contributed by atoms with E-state index in [4.69, 9.17) is 0 Å². The molecule has 2 aliphatic rings. The summed E-state index contributed by atoms with van der Waals surface area (Å²) in [6.45, 7) is 0.433. The van der Waals surface area contributed by atoms with Crippen LogP contribution >= 0.6 is 0 Å². The molecule has 1 N–H and O–H groups in total. The van der Waals surface area contributed by atoms with Crippen molar-refractivity contribution in [3.8, 4) is 0 Å². The number of aromatic nitrogens is 2. The minimum atomic E-state index is -4.54. The monoisotopic (exact) mass is 346 g/mol. The Balaban J connectivity index is 1.57. The van der Waals surface area contributed by atoms with Crippen molar-refractivity contribution in [1.82, 2.24) is 15.3 Å². The predicted octanol–water partition coefficient (Wildman–Crippen LogP) is 2.33. The summed E-state index contributed by atoms with van der Waals surface area (Å²) in [5.41, 5.74) is -2.54. The first kappa shape index (κ1) is 16.9. The molecule has 0 spiro atoms. The van der Waals surface area contributed by atoms with Gasteiger partial charge in [-0.3, -0.25) is 4.79 Å². The van der Waals surface area contributed by atoms with Gasteiger partial charge < -0.3 is 10.2 Å². The Bertz CT molecular complexity index is 610. The van der Waals surface area contributed by atoms with Crippen molar-refractivity contribution in [3.63, 3.8) is 0 Å². The lowest BCUT2D eigenvalue weighted by molar-refractivity contribution is -0.141. The van der Waals surface area contributed by atoms with Crippen LogP contribution in [-0.4, -0.2) is 41.2 Å². The third-order valence-electron chi connectivity index (χ3n) is 4.45. The van der Waals surface area contributed by atoms with Crippen molar-refractivity contribution in [1.29, 1.82) is 0 Å². The molecule has 1 aliphatic heterocycles. The minimum Gasteiger partial charge on any atom is -0.356 e. The van der Waals surface area contributed by atoms with Crippen molar-refractivity contribution >= 4 is 11.7 Å². The number of piperidine rings is 1. The highest BCUT2D eigenvalue weighted by molar-refractivity contribution is 5.80. The summed E-state index contributed by atoms with van der Waals surface area (Å²) >= 11 is 0. The number of carbonyl (C=O) groups is 1. The molecule has 24 heavy (non-hydrogen) atoms. The van der Waals surface area contributed by atoms with Crippen LogP contribution in [0, 0.1) is 5.92 Å². The molecule has 0 atom stereocenters. The fourth-order valence-corrected chi connectivity index (χ4v) is 2.72. The fraction of sp³-hybridized carbons (Fsp3) is 0.667. The Morgan fingerprint density at radius 2 is 1.96 bits per heavy atom. The van der Waals surface area contributed by atoms with Crippen LogP contribution in [0.3, 0.4) is 0 Å². The number of anilines is 1. The maximum atomic E-state index is 14.7. The van der Waals surface area contributed by atoms with Gasteiger partial charge in [0, 0.05) is 37.9 Å². The van der Waals surface area contributed by atoms with E-state index in [9.17, 15) is 22.4 Å². The van der Waals surface area contributed by atoms with Gasteiger partial charge in [-0.25, -0.2) is 14.4 Å². The zero-order valence-corrected chi connectivity index (χ0v) is 12.9. The second-order valence-corrected chi connectivity index (χ2v) is 6.39. The van der Waals surface area contributed by atoms with E-state index in [2.05, 4.69) is 15.3 Å². The number of hydrogen-bond acceptors (Lipinski definition) is 4. The molecule has 0 aromatic carbocycles. The van der Waals surface area contributed by atoms with Crippen molar-refractivity contribution in [2.45, 2.75) is 37.5 Å². The van der Waals surface area contributed by atoms with Gasteiger partial charge >= 0.3 is 6.18 Å². The van der Waals surface area contributed by atoms with Gasteiger partial charge in [-0.05, 0) is 12.8 Å². The Labute approximate surface area is 136 Å². The van der Waals surface area contributed by atoms with E-state index in [1.165, 1.54) is 0 Å². The molecule has 2 fully saturated rings. The maximum absolute atomic E-state index is 14.7. The van der Waals surface area contributed by atoms with Crippen molar-refractivity contribution < 1.29 is 22.4 Å². The fourth-order valence-electron chi connectivity index (χ4n) is 2.72. The molecule has 1 amide bonds. The van der Waals surface area contributed by atoms with Gasteiger partial charge in [-0.2, -0.15) is 13.2 Å². The lowest BCUT2D eigenvalue weighted by atomic mass is 9.93. The lowest BCUT2D eigenvalue weighted by Gasteiger charge is -2.37. The summed E-state index contributed by atoms with van der Waals surface area (Å²) in [6.07, 6.45) is -1.70. The average Bonchev–Trinajstić information content (AvgIpc) is 3.38. The van der Waals surface area contributed by atoms with E-state index < -0.39 is 17.5 Å². The van der Waals surface area contributed by atoms with E-state index in [-0.39, 0.29) is 50.1 Å². The summed E-state index contributed by atoms with van der Waals surface area (Å²) in [5.74, 6) is 0.0527. The Morgan fingerprint density at radius 3 is 2.54 bits per heavy atom. The standard InChI is InChI=1S/C15H18F4N4O/c16-14(8-20-13(24)10-1-2-10)3-5-23(6-4-14)12-7-11(15(17,18)19)21-9-22-12/h7,9-10H,1-6,8H2,(H,20,24). The molecule has 1 saturated carbocycles. The molecule has 132 valence electrons. The molecular weight excluding hydrogens is 328 g/mol. The summed E-state index contributed by atoms with van der Waals surface area (Å²) in [5, 5.41) is 2.63. The third kappa shape index (κ3) is 3.93. The number of nitrogens with one attached hydrogen (secondary N) is 1. The molecule has 0 radical (unpaired) electrons. The van der Waals surface area contributed by atoms with Gasteiger partial charge in [-0.15, -0.1) is 0 Å². The van der Waals surface area contributed by atoms with E-state index in [1.807, 2.05) is 0 Å². The molecule has 9 heteroatoms. The van der Waals surface area contributed by atoms with E-state index in [1.54, 1.807) is 4.90 Å². The van der Waals surface area contributed by atoms with E-state index in [0.717, 1.165) is 25.2 Å². The molecule has 1 aliphatic carbocycles. The Morgan fingerprint density at radius 1 is 1.29 bits per heavy atom. The van der Waals surface area contributed by atoms with Crippen LogP contribution in [0.15, 0.2) is 12.4 Å². The van der Waals surface area contributed by atoms with Gasteiger partial charge in [0.05, 0.1) is 6.54 Å². The summed E-state index contributed by atoms with van der Waals surface area (Å²) in [6, 6.07) is 0.875. The molecule has 5 nitrogen and oxygen atoms in total. The van der Waals surface area contributed by atoms with Crippen LogP contribution < -0.4 is 10.2 Å². The number of nitrogens with zero attached hydrogens (tertiary/aromatic N) is 3. The number of halogens is 4. The number of hydrogen-bond donors (Lipinski definition) is 1. The highest BCUT2D eigenvalue weighted by Crippen LogP contribution is 2.33. The van der Waals surface area contributed by atoms with Gasteiger partial charge in [0.1, 0.15) is 23.5 Å². The molecule has 1 saturated heterocycles. The van der Waals surface area contributed by atoms with Gasteiger partial charge in [0.25, 0.3) is 0 Å². The third-order valence-corrected chi connectivity index (χ3v) is 4.45. The molecule has 3 rings (SSSR count). The average molecular weight is 346 g/mol. The Kier molecular flexibility index (Phi) is 4.35. The summed E-state index contributed by atoms with van der Waals surface area (Å²) in [4.78, 5) is 20.3. The van der Waals surface area contributed by atoms with E-state index in [0.29, 0.717) is 0 Å². The van der Waals surface area contributed by atoms with E-state index >= 15 is 0 Å². The number of amides is 1. The first-order chi connectivity index (χ1) is 11.3. The zero-order valence-electron chi connectivity index (χ0n) is 12.9. The highest BCUT2D eigenvalue weighted by Gasteiger charge is 2.38. The normalized spacial score (nSPS) is 20.8. The van der Waals surface area contributed by atoms with Crippen LogP contribution in [0.2, 0.25) is 0 Å². The molecule has 0 unspecified atom stereocenters. The number of rotatable bonds is 4. The van der Waals surface area contributed by atoms with Crippen LogP contribution in [0.25, 0.3) is 0 Å². The molecule has 1 aromatic rings. The Hall–Kier alpha value is -1.93. The molecule has 2 heterocycles. The highest BCUT2D eigenvalue weighted by atomic mass is 19.4. The van der Waals surface area contributed by atoms with Crippen LogP contribution in [0.4, 0.5) is 23.4 Å². The number of alkyl halides is 4.